The second-order valence-corrected chi connectivity index (χ2v) is 3.51. The van der Waals surface area contributed by atoms with E-state index in [2.05, 4.69) is 13.0 Å². The molecule has 0 unspecified atom stereocenters. The molecule has 0 aromatic heterocycles. The summed E-state index contributed by atoms with van der Waals surface area (Å²) in [5.41, 5.74) is 0.726. The third kappa shape index (κ3) is 2.60. The largest absolute Gasteiger partial charge is 0.192 e. The van der Waals surface area contributed by atoms with Crippen molar-refractivity contribution in [2.75, 3.05) is 5.75 Å². The first-order valence-electron chi connectivity index (χ1n) is 3.79. The number of benzene rings is 1. The van der Waals surface area contributed by atoms with E-state index in [4.69, 9.17) is 5.26 Å². The molecule has 1 radical (unpaired) electrons. The Morgan fingerprint density at radius 2 is 2.33 bits per heavy atom. The van der Waals surface area contributed by atoms with Gasteiger partial charge in [0.25, 0.3) is 0 Å². The monoisotopic (exact) mass is 176 g/mol. The Hall–Kier alpha value is -0.940. The summed E-state index contributed by atoms with van der Waals surface area (Å²) >= 11 is 1.74. The summed E-state index contributed by atoms with van der Waals surface area (Å²) in [6, 6.07) is 9.75. The topological polar surface area (TPSA) is 23.8 Å². The van der Waals surface area contributed by atoms with Crippen molar-refractivity contribution in [3.8, 4) is 6.07 Å². The Morgan fingerprint density at radius 1 is 1.50 bits per heavy atom. The zero-order valence-electron chi connectivity index (χ0n) is 6.79. The van der Waals surface area contributed by atoms with Gasteiger partial charge < -0.3 is 0 Å². The number of hydrogen-bond acceptors (Lipinski definition) is 2. The lowest BCUT2D eigenvalue weighted by Crippen LogP contribution is -1.78. The number of rotatable bonds is 3. The molecule has 1 aromatic rings. The Morgan fingerprint density at radius 3 is 3.00 bits per heavy atom. The second kappa shape index (κ2) is 4.84. The van der Waals surface area contributed by atoms with Gasteiger partial charge in [0, 0.05) is 4.90 Å². The van der Waals surface area contributed by atoms with Gasteiger partial charge in [-0.2, -0.15) is 5.26 Å². The van der Waals surface area contributed by atoms with Gasteiger partial charge in [0.05, 0.1) is 11.6 Å². The van der Waals surface area contributed by atoms with E-state index in [1.165, 1.54) is 0 Å². The highest BCUT2D eigenvalue weighted by atomic mass is 32.2. The summed E-state index contributed by atoms with van der Waals surface area (Å²) in [5.74, 6) is 1.01. The van der Waals surface area contributed by atoms with Crippen LogP contribution in [0.1, 0.15) is 12.0 Å². The Labute approximate surface area is 77.4 Å². The maximum Gasteiger partial charge on any atom is 0.0992 e. The van der Waals surface area contributed by atoms with Crippen molar-refractivity contribution in [3.63, 3.8) is 0 Å². The third-order valence-corrected chi connectivity index (χ3v) is 2.46. The smallest absolute Gasteiger partial charge is 0.0992 e. The summed E-state index contributed by atoms with van der Waals surface area (Å²) in [6.07, 6.45) is 0.918. The Balaban J connectivity index is 2.68. The first-order chi connectivity index (χ1) is 5.86. The first kappa shape index (κ1) is 9.15. The maximum atomic E-state index is 8.62. The normalized spacial score (nSPS) is 9.33. The van der Waals surface area contributed by atoms with Crippen molar-refractivity contribution in [3.05, 3.63) is 36.8 Å². The molecule has 0 aliphatic rings. The number of nitrogens with zero attached hydrogens (tertiary/aromatic N) is 1. The molecule has 0 bridgehead atoms. The van der Waals surface area contributed by atoms with Gasteiger partial charge >= 0.3 is 0 Å². The molecule has 1 rings (SSSR count). The van der Waals surface area contributed by atoms with Gasteiger partial charge in [0.15, 0.2) is 0 Å². The zero-order valence-corrected chi connectivity index (χ0v) is 7.60. The molecule has 1 aromatic carbocycles. The number of thioether (sulfide) groups is 1. The van der Waals surface area contributed by atoms with Crippen LogP contribution in [-0.2, 0) is 0 Å². The molecule has 0 atom stereocenters. The molecule has 1 nitrogen and oxygen atoms in total. The van der Waals surface area contributed by atoms with Crippen LogP contribution in [0, 0.1) is 18.3 Å². The minimum atomic E-state index is 0.726. The maximum absolute atomic E-state index is 8.62. The number of nitriles is 1. The Kier molecular flexibility index (Phi) is 3.69. The van der Waals surface area contributed by atoms with E-state index >= 15 is 0 Å². The molecule has 0 spiro atoms. The summed E-state index contributed by atoms with van der Waals surface area (Å²) in [4.78, 5) is 1.15. The van der Waals surface area contributed by atoms with Crippen LogP contribution in [0.15, 0.2) is 29.2 Å². The lowest BCUT2D eigenvalue weighted by molar-refractivity contribution is 1.24. The molecule has 0 N–H and O–H groups in total. The lowest BCUT2D eigenvalue weighted by atomic mass is 10.2. The van der Waals surface area contributed by atoms with Crippen LogP contribution in [0.2, 0.25) is 0 Å². The fraction of sp³-hybridized carbons (Fsp3) is 0.200. The van der Waals surface area contributed by atoms with Crippen LogP contribution in [0.25, 0.3) is 0 Å². The predicted octanol–water partition coefficient (Wildman–Crippen LogP) is 2.87. The fourth-order valence-corrected chi connectivity index (χ4v) is 1.61. The van der Waals surface area contributed by atoms with Crippen molar-refractivity contribution >= 4 is 11.8 Å². The third-order valence-electron chi connectivity index (χ3n) is 1.38. The standard InChI is InChI=1S/C10H10NS/c1-2-6-12-10-5-3-4-9(7-10)8-11/h3-5,7H,1-2,6H2. The van der Waals surface area contributed by atoms with E-state index < -0.39 is 0 Å². The van der Waals surface area contributed by atoms with E-state index in [1.54, 1.807) is 11.8 Å². The molecule has 0 aliphatic heterocycles. The van der Waals surface area contributed by atoms with E-state index in [0.29, 0.717) is 0 Å². The SMILES string of the molecule is [CH2]CCSc1cccc(C#N)c1. The quantitative estimate of drug-likeness (QED) is 0.661. The van der Waals surface area contributed by atoms with Gasteiger partial charge in [-0.25, -0.2) is 0 Å². The highest BCUT2D eigenvalue weighted by molar-refractivity contribution is 7.99. The van der Waals surface area contributed by atoms with E-state index in [-0.39, 0.29) is 0 Å². The molecule has 0 saturated heterocycles. The average molecular weight is 176 g/mol. The molecule has 0 heterocycles. The van der Waals surface area contributed by atoms with Crippen LogP contribution < -0.4 is 0 Å². The van der Waals surface area contributed by atoms with E-state index in [0.717, 1.165) is 22.6 Å². The molecule has 0 aliphatic carbocycles. The van der Waals surface area contributed by atoms with E-state index in [1.807, 2.05) is 24.3 Å². The van der Waals surface area contributed by atoms with Crippen LogP contribution >= 0.6 is 11.8 Å². The van der Waals surface area contributed by atoms with Gasteiger partial charge in [0.1, 0.15) is 0 Å². The van der Waals surface area contributed by atoms with Crippen LogP contribution in [0.5, 0.6) is 0 Å². The van der Waals surface area contributed by atoms with Crippen molar-refractivity contribution in [1.82, 2.24) is 0 Å². The fourth-order valence-electron chi connectivity index (χ4n) is 0.845. The second-order valence-electron chi connectivity index (χ2n) is 2.34. The molecule has 0 saturated carbocycles. The van der Waals surface area contributed by atoms with Gasteiger partial charge in [-0.3, -0.25) is 0 Å². The van der Waals surface area contributed by atoms with Crippen molar-refractivity contribution < 1.29 is 0 Å². The van der Waals surface area contributed by atoms with Gasteiger partial charge in [0.2, 0.25) is 0 Å². The predicted molar refractivity (Wildman–Crippen MR) is 51.9 cm³/mol. The van der Waals surface area contributed by atoms with Crippen LogP contribution in [0.4, 0.5) is 0 Å². The molecule has 0 amide bonds. The average Bonchev–Trinajstić information content (AvgIpc) is 2.15. The highest BCUT2D eigenvalue weighted by Crippen LogP contribution is 2.19. The number of hydrogen-bond donors (Lipinski definition) is 0. The zero-order chi connectivity index (χ0) is 8.81. The molecule has 2 heteroatoms. The van der Waals surface area contributed by atoms with Crippen molar-refractivity contribution in [2.24, 2.45) is 0 Å². The molecular weight excluding hydrogens is 166 g/mol. The van der Waals surface area contributed by atoms with Crippen molar-refractivity contribution in [1.29, 1.82) is 5.26 Å². The van der Waals surface area contributed by atoms with Gasteiger partial charge in [-0.15, -0.1) is 11.8 Å². The molecule has 61 valence electrons. The van der Waals surface area contributed by atoms with Gasteiger partial charge in [-0.1, -0.05) is 13.0 Å². The molecular formula is C10H10NS. The summed E-state index contributed by atoms with van der Waals surface area (Å²) in [5, 5.41) is 8.62. The van der Waals surface area contributed by atoms with E-state index in [9.17, 15) is 0 Å². The summed E-state index contributed by atoms with van der Waals surface area (Å²) < 4.78 is 0. The summed E-state index contributed by atoms with van der Waals surface area (Å²) in [6.45, 7) is 3.76. The lowest BCUT2D eigenvalue weighted by Gasteiger charge is -1.98. The first-order valence-corrected chi connectivity index (χ1v) is 4.77. The van der Waals surface area contributed by atoms with Crippen molar-refractivity contribution in [2.45, 2.75) is 11.3 Å². The van der Waals surface area contributed by atoms with Gasteiger partial charge in [-0.05, 0) is 30.4 Å². The minimum Gasteiger partial charge on any atom is -0.192 e. The van der Waals surface area contributed by atoms with Crippen LogP contribution in [-0.4, -0.2) is 5.75 Å². The summed E-state index contributed by atoms with van der Waals surface area (Å²) in [7, 11) is 0. The molecule has 12 heavy (non-hydrogen) atoms. The highest BCUT2D eigenvalue weighted by Gasteiger charge is 1.94. The minimum absolute atomic E-state index is 0.726. The van der Waals surface area contributed by atoms with Crippen LogP contribution in [0.3, 0.4) is 0 Å². The Bertz CT molecular complexity index is 288. The molecule has 0 fully saturated rings.